The second-order valence-corrected chi connectivity index (χ2v) is 5.52. The van der Waals surface area contributed by atoms with Gasteiger partial charge in [0.25, 0.3) is 0 Å². The predicted molar refractivity (Wildman–Crippen MR) is 87.4 cm³/mol. The predicted octanol–water partition coefficient (Wildman–Crippen LogP) is 1.41. The fraction of sp³-hybridized carbons (Fsp3) is 0.333. The first-order chi connectivity index (χ1) is 11.8. The van der Waals surface area contributed by atoms with Crippen molar-refractivity contribution in [3.63, 3.8) is 0 Å². The van der Waals surface area contributed by atoms with Crippen molar-refractivity contribution in [2.24, 2.45) is 0 Å². The van der Waals surface area contributed by atoms with E-state index in [2.05, 4.69) is 37.1 Å². The summed E-state index contributed by atoms with van der Waals surface area (Å²) in [7, 11) is 0. The molecule has 9 heteroatoms. The monoisotopic (exact) mass is 328 g/mol. The molecule has 0 aliphatic carbocycles. The molecule has 0 saturated heterocycles. The van der Waals surface area contributed by atoms with E-state index in [0.29, 0.717) is 34.9 Å². The van der Waals surface area contributed by atoms with Crippen LogP contribution in [0.2, 0.25) is 0 Å². The topological polar surface area (TPSA) is 107 Å². The fourth-order valence-electron chi connectivity index (χ4n) is 2.81. The van der Waals surface area contributed by atoms with Gasteiger partial charge in [0.05, 0.1) is 6.33 Å². The molecule has 122 valence electrons. The molecule has 0 amide bonds. The number of imidazole rings is 1. The largest absolute Gasteiger partial charge is 0.340 e. The summed E-state index contributed by atoms with van der Waals surface area (Å²) in [6.07, 6.45) is 7.65. The summed E-state index contributed by atoms with van der Waals surface area (Å²) < 4.78 is 3.15. The smallest absolute Gasteiger partial charge is 0.337 e. The molecule has 0 aliphatic heterocycles. The van der Waals surface area contributed by atoms with E-state index in [4.69, 9.17) is 0 Å². The Hall–Kier alpha value is -3.10. The van der Waals surface area contributed by atoms with Crippen LogP contribution in [-0.4, -0.2) is 39.1 Å². The Morgan fingerprint density at radius 3 is 3.04 bits per heavy atom. The first-order valence-electron chi connectivity index (χ1n) is 7.88. The summed E-state index contributed by atoms with van der Waals surface area (Å²) in [6.45, 7) is 2.73. The molecule has 0 unspecified atom stereocenters. The van der Waals surface area contributed by atoms with Gasteiger partial charge >= 0.3 is 5.69 Å². The second kappa shape index (κ2) is 5.84. The highest BCUT2D eigenvalue weighted by Gasteiger charge is 2.19. The second-order valence-electron chi connectivity index (χ2n) is 5.52. The quantitative estimate of drug-likeness (QED) is 0.555. The number of nitrogens with one attached hydrogen (secondary N) is 1. The Bertz CT molecular complexity index is 1050. The normalized spacial score (nSPS) is 11.5. The van der Waals surface area contributed by atoms with Crippen molar-refractivity contribution in [1.82, 2.24) is 39.1 Å². The van der Waals surface area contributed by atoms with Crippen LogP contribution < -0.4 is 5.69 Å². The highest BCUT2D eigenvalue weighted by molar-refractivity contribution is 5.85. The molecule has 0 atom stereocenters. The van der Waals surface area contributed by atoms with Crippen LogP contribution in [0.1, 0.15) is 26.2 Å². The third-order valence-electron chi connectivity index (χ3n) is 3.98. The van der Waals surface area contributed by atoms with E-state index in [-0.39, 0.29) is 5.69 Å². The van der Waals surface area contributed by atoms with Crippen LogP contribution >= 0.6 is 0 Å². The molecule has 4 rings (SSSR count). The van der Waals surface area contributed by atoms with E-state index in [0.717, 1.165) is 19.3 Å². The van der Waals surface area contributed by atoms with E-state index in [1.54, 1.807) is 23.2 Å². The van der Waals surface area contributed by atoms with Gasteiger partial charge in [-0.25, -0.2) is 24.1 Å². The van der Waals surface area contributed by atoms with Crippen molar-refractivity contribution in [3.8, 4) is 11.5 Å². The van der Waals surface area contributed by atoms with E-state index in [1.807, 2.05) is 0 Å². The maximum absolute atomic E-state index is 13.0. The molecular weight excluding hydrogens is 312 g/mol. The van der Waals surface area contributed by atoms with Crippen LogP contribution in [0.4, 0.5) is 0 Å². The Morgan fingerprint density at radius 2 is 2.25 bits per heavy atom. The number of aryl methyl sites for hydroxylation is 1. The molecule has 4 aromatic heterocycles. The van der Waals surface area contributed by atoms with Crippen molar-refractivity contribution in [3.05, 3.63) is 35.4 Å². The Kier molecular flexibility index (Phi) is 3.52. The fourth-order valence-corrected chi connectivity index (χ4v) is 2.81. The first kappa shape index (κ1) is 14.5. The van der Waals surface area contributed by atoms with E-state index in [9.17, 15) is 4.79 Å². The molecule has 24 heavy (non-hydrogen) atoms. The van der Waals surface area contributed by atoms with Gasteiger partial charge in [-0.2, -0.15) is 0 Å². The van der Waals surface area contributed by atoms with Gasteiger partial charge in [0, 0.05) is 12.7 Å². The van der Waals surface area contributed by atoms with Crippen LogP contribution in [0, 0.1) is 0 Å². The summed E-state index contributed by atoms with van der Waals surface area (Å²) in [5.74, 6) is 0.401. The number of fused-ring (bicyclic) bond motifs is 3. The third-order valence-corrected chi connectivity index (χ3v) is 3.98. The zero-order chi connectivity index (χ0) is 16.5. The highest BCUT2D eigenvalue weighted by Crippen LogP contribution is 2.18. The lowest BCUT2D eigenvalue weighted by molar-refractivity contribution is 0.586. The van der Waals surface area contributed by atoms with Crippen LogP contribution in [-0.2, 0) is 6.54 Å². The standard InChI is InChI=1S/C15H16N8O/c1-2-3-4-7-22-13-11(18-9-19-13)14-21-20-12(23(14)15(22)24)10-5-6-16-8-17-10/h5-6,8-9H,2-4,7H2,1H3,(H,18,19)/i9+2,13+2. The molecule has 4 aromatic rings. The van der Waals surface area contributed by atoms with E-state index >= 15 is 0 Å². The number of aromatic amines is 1. The van der Waals surface area contributed by atoms with E-state index < -0.39 is 0 Å². The lowest BCUT2D eigenvalue weighted by Gasteiger charge is -2.08. The molecule has 0 bridgehead atoms. The molecular formula is C15H16N8O. The van der Waals surface area contributed by atoms with Crippen LogP contribution in [0.15, 0.2) is 29.7 Å². The van der Waals surface area contributed by atoms with Gasteiger partial charge in [-0.1, -0.05) is 19.8 Å². The number of aromatic nitrogens is 8. The van der Waals surface area contributed by atoms with Gasteiger partial charge in [-0.3, -0.25) is 4.57 Å². The number of hydrogen-bond donors (Lipinski definition) is 1. The van der Waals surface area contributed by atoms with Crippen LogP contribution in [0.25, 0.3) is 28.3 Å². The Morgan fingerprint density at radius 1 is 1.33 bits per heavy atom. The number of H-pyrrole nitrogens is 1. The SMILES string of the molecule is CCCCCn1c(=O)n2c(-c3ccncn3)nnc2c2[nH][14cH]n[14c]21. The molecule has 0 aromatic carbocycles. The Balaban J connectivity index is 1.99. The average Bonchev–Trinajstić information content (AvgIpc) is 3.25. The maximum Gasteiger partial charge on any atom is 0.337 e. The zero-order valence-electron chi connectivity index (χ0n) is 13.2. The van der Waals surface area contributed by atoms with Gasteiger partial charge in [-0.05, 0) is 12.5 Å². The number of rotatable bonds is 5. The van der Waals surface area contributed by atoms with Crippen molar-refractivity contribution >= 4 is 16.8 Å². The van der Waals surface area contributed by atoms with Crippen molar-refractivity contribution in [2.45, 2.75) is 32.7 Å². The van der Waals surface area contributed by atoms with Gasteiger partial charge in [0.15, 0.2) is 17.1 Å². The minimum Gasteiger partial charge on any atom is -0.340 e. The molecule has 0 radical (unpaired) electrons. The van der Waals surface area contributed by atoms with Gasteiger partial charge < -0.3 is 4.98 Å². The highest BCUT2D eigenvalue weighted by atomic mass is 16.2. The minimum absolute atomic E-state index is 0.209. The number of nitrogens with zero attached hydrogens (tertiary/aromatic N) is 7. The van der Waals surface area contributed by atoms with E-state index in [1.165, 1.54) is 10.7 Å². The molecule has 0 aliphatic rings. The summed E-state index contributed by atoms with van der Waals surface area (Å²) in [5, 5.41) is 8.32. The van der Waals surface area contributed by atoms with Crippen molar-refractivity contribution in [1.29, 1.82) is 0 Å². The van der Waals surface area contributed by atoms with Crippen LogP contribution in [0.3, 0.4) is 0 Å². The summed E-state index contributed by atoms with van der Waals surface area (Å²) in [5.41, 5.74) is 2.09. The number of unbranched alkanes of at least 4 members (excludes halogenated alkanes) is 2. The van der Waals surface area contributed by atoms with Crippen molar-refractivity contribution < 1.29 is 0 Å². The summed E-state index contributed by atoms with van der Waals surface area (Å²) in [4.78, 5) is 28.5. The molecule has 1 N–H and O–H groups in total. The zero-order valence-corrected chi connectivity index (χ0v) is 13.2. The third kappa shape index (κ3) is 2.16. The van der Waals surface area contributed by atoms with Gasteiger partial charge in [0.1, 0.15) is 17.5 Å². The molecule has 0 fully saturated rings. The maximum atomic E-state index is 13.0. The molecule has 9 nitrogen and oxygen atoms in total. The Labute approximate surface area is 136 Å². The average molecular weight is 328 g/mol. The number of hydrogen-bond acceptors (Lipinski definition) is 6. The summed E-state index contributed by atoms with van der Waals surface area (Å²) in [6, 6.07) is 1.70. The molecule has 4 heterocycles. The molecule has 0 saturated carbocycles. The van der Waals surface area contributed by atoms with Crippen molar-refractivity contribution in [2.75, 3.05) is 0 Å². The lowest BCUT2D eigenvalue weighted by atomic mass is 10.2. The summed E-state index contributed by atoms with van der Waals surface area (Å²) >= 11 is 0. The molecule has 0 spiro atoms. The lowest BCUT2D eigenvalue weighted by Crippen LogP contribution is -2.28. The first-order valence-corrected chi connectivity index (χ1v) is 7.88. The van der Waals surface area contributed by atoms with Gasteiger partial charge in [-0.15, -0.1) is 10.2 Å². The van der Waals surface area contributed by atoms with Gasteiger partial charge in [0.2, 0.25) is 0 Å². The van der Waals surface area contributed by atoms with Crippen LogP contribution in [0.5, 0.6) is 0 Å². The minimum atomic E-state index is -0.209.